The van der Waals surface area contributed by atoms with Crippen molar-refractivity contribution in [3.8, 4) is 0 Å². The summed E-state index contributed by atoms with van der Waals surface area (Å²) in [5.74, 6) is -0.859. The van der Waals surface area contributed by atoms with E-state index in [1.54, 1.807) is 13.8 Å². The van der Waals surface area contributed by atoms with E-state index in [2.05, 4.69) is 16.0 Å². The van der Waals surface area contributed by atoms with Crippen LogP contribution in [0.25, 0.3) is 0 Å². The second-order valence-corrected chi connectivity index (χ2v) is 4.75. The van der Waals surface area contributed by atoms with E-state index in [-0.39, 0.29) is 31.3 Å². The summed E-state index contributed by atoms with van der Waals surface area (Å²) in [6.45, 7) is 3.81. The first kappa shape index (κ1) is 13.4. The van der Waals surface area contributed by atoms with Gasteiger partial charge in [0.1, 0.15) is 6.04 Å². The SMILES string of the molecule is CC(C)(CC(N)=O)NC(=O)C1CNC(=O)CN1. The van der Waals surface area contributed by atoms with Crippen molar-refractivity contribution in [1.29, 1.82) is 0 Å². The Morgan fingerprint density at radius 2 is 2.18 bits per heavy atom. The molecular weight excluding hydrogens is 224 g/mol. The van der Waals surface area contributed by atoms with Gasteiger partial charge in [0.05, 0.1) is 6.54 Å². The lowest BCUT2D eigenvalue weighted by Crippen LogP contribution is -2.61. The van der Waals surface area contributed by atoms with Gasteiger partial charge in [-0.05, 0) is 13.8 Å². The molecule has 1 fully saturated rings. The quantitative estimate of drug-likeness (QED) is 0.450. The molecular formula is C10H18N4O3. The van der Waals surface area contributed by atoms with Gasteiger partial charge in [-0.15, -0.1) is 0 Å². The highest BCUT2D eigenvalue weighted by molar-refractivity contribution is 5.87. The Labute approximate surface area is 99.5 Å². The Balaban J connectivity index is 2.48. The number of amides is 3. The van der Waals surface area contributed by atoms with Gasteiger partial charge in [0.2, 0.25) is 17.7 Å². The number of primary amides is 1. The van der Waals surface area contributed by atoms with Gasteiger partial charge in [-0.25, -0.2) is 0 Å². The number of rotatable bonds is 4. The molecule has 0 saturated carbocycles. The van der Waals surface area contributed by atoms with Gasteiger partial charge in [0.15, 0.2) is 0 Å². The molecule has 17 heavy (non-hydrogen) atoms. The third kappa shape index (κ3) is 4.39. The minimum Gasteiger partial charge on any atom is -0.370 e. The fraction of sp³-hybridized carbons (Fsp3) is 0.700. The summed E-state index contributed by atoms with van der Waals surface area (Å²) in [5.41, 5.74) is 4.40. The van der Waals surface area contributed by atoms with Gasteiger partial charge < -0.3 is 16.4 Å². The first-order valence-corrected chi connectivity index (χ1v) is 5.40. The van der Waals surface area contributed by atoms with Crippen molar-refractivity contribution >= 4 is 17.7 Å². The molecule has 0 spiro atoms. The lowest BCUT2D eigenvalue weighted by Gasteiger charge is -2.29. The number of hydrogen-bond donors (Lipinski definition) is 4. The molecule has 1 rings (SSSR count). The number of hydrogen-bond acceptors (Lipinski definition) is 4. The summed E-state index contributed by atoms with van der Waals surface area (Å²) in [6.07, 6.45) is 0.0673. The maximum absolute atomic E-state index is 11.8. The zero-order valence-corrected chi connectivity index (χ0v) is 10.0. The maximum atomic E-state index is 11.8. The van der Waals surface area contributed by atoms with E-state index in [9.17, 15) is 14.4 Å². The van der Waals surface area contributed by atoms with Crippen molar-refractivity contribution in [3.05, 3.63) is 0 Å². The summed E-state index contributed by atoms with van der Waals surface area (Å²) in [6, 6.07) is -0.472. The fourth-order valence-electron chi connectivity index (χ4n) is 1.65. The van der Waals surface area contributed by atoms with Crippen LogP contribution in [0.3, 0.4) is 0 Å². The molecule has 5 N–H and O–H groups in total. The summed E-state index contributed by atoms with van der Waals surface area (Å²) < 4.78 is 0. The Hall–Kier alpha value is -1.63. The van der Waals surface area contributed by atoms with Crippen molar-refractivity contribution < 1.29 is 14.4 Å². The van der Waals surface area contributed by atoms with Gasteiger partial charge in [-0.3, -0.25) is 19.7 Å². The molecule has 1 atom stereocenters. The van der Waals surface area contributed by atoms with Crippen LogP contribution in [-0.4, -0.2) is 42.4 Å². The number of carbonyl (C=O) groups excluding carboxylic acids is 3. The summed E-state index contributed by atoms with van der Waals surface area (Å²) in [5, 5.41) is 8.11. The predicted molar refractivity (Wildman–Crippen MR) is 60.8 cm³/mol. The smallest absolute Gasteiger partial charge is 0.239 e. The highest BCUT2D eigenvalue weighted by Crippen LogP contribution is 2.07. The molecule has 96 valence electrons. The average Bonchev–Trinajstić information content (AvgIpc) is 2.15. The van der Waals surface area contributed by atoms with Crippen molar-refractivity contribution in [2.45, 2.75) is 31.8 Å². The van der Waals surface area contributed by atoms with E-state index in [0.29, 0.717) is 0 Å². The van der Waals surface area contributed by atoms with E-state index >= 15 is 0 Å². The lowest BCUT2D eigenvalue weighted by molar-refractivity contribution is -0.127. The van der Waals surface area contributed by atoms with Crippen molar-refractivity contribution in [1.82, 2.24) is 16.0 Å². The zero-order chi connectivity index (χ0) is 13.1. The van der Waals surface area contributed by atoms with Crippen LogP contribution in [0.1, 0.15) is 20.3 Å². The molecule has 1 heterocycles. The molecule has 7 heteroatoms. The van der Waals surface area contributed by atoms with Crippen LogP contribution < -0.4 is 21.7 Å². The van der Waals surface area contributed by atoms with Crippen LogP contribution >= 0.6 is 0 Å². The second kappa shape index (κ2) is 5.13. The Kier molecular flexibility index (Phi) is 4.06. The topological polar surface area (TPSA) is 113 Å². The van der Waals surface area contributed by atoms with E-state index in [1.807, 2.05) is 0 Å². The number of carbonyl (C=O) groups is 3. The molecule has 0 aromatic heterocycles. The first-order valence-electron chi connectivity index (χ1n) is 5.40. The summed E-state index contributed by atoms with van der Waals surface area (Å²) in [4.78, 5) is 33.5. The van der Waals surface area contributed by atoms with Crippen molar-refractivity contribution in [2.75, 3.05) is 13.1 Å². The number of piperazine rings is 1. The van der Waals surface area contributed by atoms with Gasteiger partial charge in [0, 0.05) is 18.5 Å². The molecule has 0 bridgehead atoms. The van der Waals surface area contributed by atoms with Crippen LogP contribution in [0.15, 0.2) is 0 Å². The Morgan fingerprint density at radius 1 is 1.53 bits per heavy atom. The molecule has 1 aliphatic heterocycles. The van der Waals surface area contributed by atoms with Crippen molar-refractivity contribution in [2.24, 2.45) is 5.73 Å². The van der Waals surface area contributed by atoms with Gasteiger partial charge in [-0.2, -0.15) is 0 Å². The largest absolute Gasteiger partial charge is 0.370 e. The van der Waals surface area contributed by atoms with Crippen LogP contribution in [0.2, 0.25) is 0 Å². The van der Waals surface area contributed by atoms with Gasteiger partial charge in [-0.1, -0.05) is 0 Å². The molecule has 0 aromatic rings. The molecule has 1 saturated heterocycles. The van der Waals surface area contributed by atoms with Crippen LogP contribution in [0, 0.1) is 0 Å². The normalized spacial score (nSPS) is 20.6. The van der Waals surface area contributed by atoms with E-state index in [0.717, 1.165) is 0 Å². The molecule has 0 aromatic carbocycles. The van der Waals surface area contributed by atoms with E-state index in [1.165, 1.54) is 0 Å². The van der Waals surface area contributed by atoms with Gasteiger partial charge in [0.25, 0.3) is 0 Å². The lowest BCUT2D eigenvalue weighted by atomic mass is 9.99. The molecule has 1 aliphatic rings. The van der Waals surface area contributed by atoms with E-state index < -0.39 is 17.5 Å². The maximum Gasteiger partial charge on any atom is 0.239 e. The standard InChI is InChI=1S/C10H18N4O3/c1-10(2,3-7(11)15)14-9(17)6-4-13-8(16)5-12-6/h6,12H,3-5H2,1-2H3,(H2,11,15)(H,13,16)(H,14,17). The predicted octanol–water partition coefficient (Wildman–Crippen LogP) is -2.16. The monoisotopic (exact) mass is 242 g/mol. The molecule has 0 radical (unpaired) electrons. The molecule has 3 amide bonds. The number of nitrogens with two attached hydrogens (primary N) is 1. The van der Waals surface area contributed by atoms with Crippen LogP contribution in [0.4, 0.5) is 0 Å². The van der Waals surface area contributed by atoms with Crippen LogP contribution in [0.5, 0.6) is 0 Å². The first-order chi connectivity index (χ1) is 7.80. The van der Waals surface area contributed by atoms with Crippen LogP contribution in [-0.2, 0) is 14.4 Å². The fourth-order valence-corrected chi connectivity index (χ4v) is 1.65. The average molecular weight is 242 g/mol. The third-order valence-corrected chi connectivity index (χ3v) is 2.41. The number of nitrogens with one attached hydrogen (secondary N) is 3. The summed E-state index contributed by atoms with van der Waals surface area (Å²) in [7, 11) is 0. The second-order valence-electron chi connectivity index (χ2n) is 4.75. The molecule has 1 unspecified atom stereocenters. The minimum absolute atomic E-state index is 0.0673. The molecule has 7 nitrogen and oxygen atoms in total. The minimum atomic E-state index is -0.688. The summed E-state index contributed by atoms with van der Waals surface area (Å²) >= 11 is 0. The van der Waals surface area contributed by atoms with Gasteiger partial charge >= 0.3 is 0 Å². The van der Waals surface area contributed by atoms with E-state index in [4.69, 9.17) is 5.73 Å². The Morgan fingerprint density at radius 3 is 2.65 bits per heavy atom. The third-order valence-electron chi connectivity index (χ3n) is 2.41. The van der Waals surface area contributed by atoms with Crippen molar-refractivity contribution in [3.63, 3.8) is 0 Å². The molecule has 0 aliphatic carbocycles. The Bertz CT molecular complexity index is 330. The zero-order valence-electron chi connectivity index (χ0n) is 10.0. The highest BCUT2D eigenvalue weighted by Gasteiger charge is 2.29. The highest BCUT2D eigenvalue weighted by atomic mass is 16.2.